The summed E-state index contributed by atoms with van der Waals surface area (Å²) in [6.45, 7) is 11.6. The van der Waals surface area contributed by atoms with Crippen LogP contribution >= 0.6 is 0 Å². The lowest BCUT2D eigenvalue weighted by atomic mass is 10.1. The van der Waals surface area contributed by atoms with Crippen LogP contribution in [0, 0.1) is 0 Å². The van der Waals surface area contributed by atoms with Crippen molar-refractivity contribution in [1.29, 1.82) is 0 Å². The molecule has 5 nitrogen and oxygen atoms in total. The Labute approximate surface area is 140 Å². The number of carbonyl (C=O) groups excluding carboxylic acids is 1. The highest BCUT2D eigenvalue weighted by molar-refractivity contribution is 5.94. The average molecular weight is 318 g/mol. The van der Waals surface area contributed by atoms with Crippen LogP contribution in [-0.4, -0.2) is 30.5 Å². The van der Waals surface area contributed by atoms with Crippen LogP contribution < -0.4 is 16.0 Å². The maximum absolute atomic E-state index is 12.2. The normalized spacial score (nSPS) is 12.9. The molecule has 0 heterocycles. The molecule has 0 fully saturated rings. The molecule has 0 aromatic heterocycles. The number of hydrogen-bond acceptors (Lipinski definition) is 2. The molecular formula is C18H30N4O. The number of guanidine groups is 1. The quantitative estimate of drug-likeness (QED) is 0.535. The van der Waals surface area contributed by atoms with E-state index in [0.29, 0.717) is 18.2 Å². The molecule has 5 heteroatoms. The molecule has 0 bridgehead atoms. The summed E-state index contributed by atoms with van der Waals surface area (Å²) >= 11 is 0. The Balaban J connectivity index is 2.77. The number of carbonyl (C=O) groups is 1. The highest BCUT2D eigenvalue weighted by Gasteiger charge is 2.09. The fraction of sp³-hybridized carbons (Fsp3) is 0.556. The third-order valence-corrected chi connectivity index (χ3v) is 3.37. The largest absolute Gasteiger partial charge is 0.357 e. The summed E-state index contributed by atoms with van der Waals surface area (Å²) in [6, 6.07) is 8.13. The van der Waals surface area contributed by atoms with E-state index in [1.165, 1.54) is 0 Å². The van der Waals surface area contributed by atoms with Crippen LogP contribution in [0.3, 0.4) is 0 Å². The van der Waals surface area contributed by atoms with Crippen LogP contribution in [0.4, 0.5) is 0 Å². The van der Waals surface area contributed by atoms with E-state index in [1.807, 2.05) is 38.1 Å². The van der Waals surface area contributed by atoms with Crippen molar-refractivity contribution >= 4 is 11.9 Å². The minimum absolute atomic E-state index is 0.0302. The first-order chi connectivity index (χ1) is 11.0. The van der Waals surface area contributed by atoms with Gasteiger partial charge in [-0.2, -0.15) is 0 Å². The highest BCUT2D eigenvalue weighted by Crippen LogP contribution is 2.07. The number of aliphatic imine (C=N–C) groups is 1. The molecule has 1 rings (SSSR count). The molecule has 1 unspecified atom stereocenters. The molecule has 23 heavy (non-hydrogen) atoms. The van der Waals surface area contributed by atoms with E-state index in [1.54, 1.807) is 0 Å². The summed E-state index contributed by atoms with van der Waals surface area (Å²) in [5, 5.41) is 9.48. The lowest BCUT2D eigenvalue weighted by Gasteiger charge is -2.14. The first kappa shape index (κ1) is 19.0. The average Bonchev–Trinajstić information content (AvgIpc) is 2.52. The summed E-state index contributed by atoms with van der Waals surface area (Å²) < 4.78 is 0. The van der Waals surface area contributed by atoms with Gasteiger partial charge < -0.3 is 16.0 Å². The summed E-state index contributed by atoms with van der Waals surface area (Å²) in [5.74, 6) is 0.759. The predicted molar refractivity (Wildman–Crippen MR) is 96.7 cm³/mol. The van der Waals surface area contributed by atoms with Crippen molar-refractivity contribution in [3.8, 4) is 0 Å². The molecule has 1 aromatic rings. The van der Waals surface area contributed by atoms with E-state index in [9.17, 15) is 4.79 Å². The summed E-state index contributed by atoms with van der Waals surface area (Å²) in [6.07, 6.45) is 0.919. The number of nitrogens with zero attached hydrogens (tertiary/aromatic N) is 1. The minimum Gasteiger partial charge on any atom is -0.357 e. The van der Waals surface area contributed by atoms with Crippen LogP contribution in [0.15, 0.2) is 29.3 Å². The molecule has 0 aliphatic heterocycles. The molecule has 1 atom stereocenters. The lowest BCUT2D eigenvalue weighted by molar-refractivity contribution is 0.0939. The molecule has 0 aliphatic rings. The number of nitrogens with one attached hydrogen (secondary N) is 3. The van der Waals surface area contributed by atoms with Gasteiger partial charge in [0, 0.05) is 24.2 Å². The van der Waals surface area contributed by atoms with E-state index in [0.717, 1.165) is 24.5 Å². The van der Waals surface area contributed by atoms with Crippen LogP contribution in [0.5, 0.6) is 0 Å². The van der Waals surface area contributed by atoms with Crippen molar-refractivity contribution in [2.24, 2.45) is 4.99 Å². The van der Waals surface area contributed by atoms with Gasteiger partial charge in [-0.15, -0.1) is 0 Å². The maximum Gasteiger partial charge on any atom is 0.251 e. The van der Waals surface area contributed by atoms with Gasteiger partial charge in [-0.1, -0.05) is 19.1 Å². The molecule has 0 spiro atoms. The summed E-state index contributed by atoms with van der Waals surface area (Å²) in [5.41, 5.74) is 1.70. The topological polar surface area (TPSA) is 65.5 Å². The molecule has 0 radical (unpaired) electrons. The summed E-state index contributed by atoms with van der Waals surface area (Å²) in [7, 11) is 0. The molecule has 0 aliphatic carbocycles. The van der Waals surface area contributed by atoms with Crippen LogP contribution in [0.2, 0.25) is 0 Å². The van der Waals surface area contributed by atoms with Crippen molar-refractivity contribution in [1.82, 2.24) is 16.0 Å². The predicted octanol–water partition coefficient (Wildman–Crippen LogP) is 2.68. The van der Waals surface area contributed by atoms with Gasteiger partial charge in [0.25, 0.3) is 5.91 Å². The van der Waals surface area contributed by atoms with Crippen molar-refractivity contribution in [2.45, 2.75) is 59.7 Å². The second kappa shape index (κ2) is 9.87. The van der Waals surface area contributed by atoms with Crippen molar-refractivity contribution in [3.63, 3.8) is 0 Å². The van der Waals surface area contributed by atoms with Gasteiger partial charge in [0.05, 0.1) is 6.54 Å². The zero-order valence-electron chi connectivity index (χ0n) is 14.9. The molecule has 1 amide bonds. The standard InChI is InChI=1S/C18H30N4O/c1-6-14(5)22-17(23)16-10-8-9-15(11-16)12-20-18(19-7-2)21-13(3)4/h8-11,13-14H,6-7,12H2,1-5H3,(H,22,23)(H2,19,20,21). The molecule has 3 N–H and O–H groups in total. The monoisotopic (exact) mass is 318 g/mol. The Morgan fingerprint density at radius 2 is 1.91 bits per heavy atom. The van der Waals surface area contributed by atoms with Gasteiger partial charge >= 0.3 is 0 Å². The Hall–Kier alpha value is -2.04. The fourth-order valence-electron chi connectivity index (χ4n) is 1.98. The van der Waals surface area contributed by atoms with E-state index in [-0.39, 0.29) is 11.9 Å². The van der Waals surface area contributed by atoms with Gasteiger partial charge in [0.15, 0.2) is 5.96 Å². The third kappa shape index (κ3) is 7.17. The zero-order valence-corrected chi connectivity index (χ0v) is 14.9. The number of rotatable bonds is 7. The van der Waals surface area contributed by atoms with Crippen molar-refractivity contribution in [2.75, 3.05) is 6.54 Å². The SMILES string of the molecule is CCNC(=NCc1cccc(C(=O)NC(C)CC)c1)NC(C)C. The Bertz CT molecular complexity index is 526. The number of amides is 1. The Morgan fingerprint density at radius 3 is 2.52 bits per heavy atom. The molecule has 0 saturated carbocycles. The maximum atomic E-state index is 12.2. The van der Waals surface area contributed by atoms with Crippen LogP contribution in [0.25, 0.3) is 0 Å². The van der Waals surface area contributed by atoms with E-state index >= 15 is 0 Å². The first-order valence-electron chi connectivity index (χ1n) is 8.40. The van der Waals surface area contributed by atoms with E-state index in [2.05, 4.69) is 41.7 Å². The van der Waals surface area contributed by atoms with Crippen molar-refractivity contribution in [3.05, 3.63) is 35.4 Å². The molecular weight excluding hydrogens is 288 g/mol. The van der Waals surface area contributed by atoms with Gasteiger partial charge in [-0.3, -0.25) is 4.79 Å². The second-order valence-corrected chi connectivity index (χ2v) is 5.98. The Morgan fingerprint density at radius 1 is 1.17 bits per heavy atom. The number of hydrogen-bond donors (Lipinski definition) is 3. The molecule has 128 valence electrons. The van der Waals surface area contributed by atoms with Gasteiger partial charge in [-0.05, 0) is 51.8 Å². The van der Waals surface area contributed by atoms with E-state index in [4.69, 9.17) is 0 Å². The summed E-state index contributed by atoms with van der Waals surface area (Å²) in [4.78, 5) is 16.7. The van der Waals surface area contributed by atoms with Crippen LogP contribution in [0.1, 0.15) is 57.0 Å². The Kier molecular flexibility index (Phi) is 8.16. The van der Waals surface area contributed by atoms with Gasteiger partial charge in [-0.25, -0.2) is 4.99 Å². The lowest BCUT2D eigenvalue weighted by Crippen LogP contribution is -2.41. The van der Waals surface area contributed by atoms with Gasteiger partial charge in [0.1, 0.15) is 0 Å². The minimum atomic E-state index is -0.0302. The molecule has 1 aromatic carbocycles. The highest BCUT2D eigenvalue weighted by atomic mass is 16.1. The smallest absolute Gasteiger partial charge is 0.251 e. The fourth-order valence-corrected chi connectivity index (χ4v) is 1.98. The van der Waals surface area contributed by atoms with E-state index < -0.39 is 0 Å². The van der Waals surface area contributed by atoms with Gasteiger partial charge in [0.2, 0.25) is 0 Å². The second-order valence-electron chi connectivity index (χ2n) is 5.98. The first-order valence-corrected chi connectivity index (χ1v) is 8.40. The number of benzene rings is 1. The van der Waals surface area contributed by atoms with Crippen molar-refractivity contribution < 1.29 is 4.79 Å². The zero-order chi connectivity index (χ0) is 17.2. The third-order valence-electron chi connectivity index (χ3n) is 3.37. The molecule has 0 saturated heterocycles. The van der Waals surface area contributed by atoms with Crippen LogP contribution in [-0.2, 0) is 6.54 Å².